The van der Waals surface area contributed by atoms with E-state index >= 15 is 0 Å². The number of carbonyl (C=O) groups excluding carboxylic acids is 2. The molecular formula is C21H27BrN2O2. The average Bonchev–Trinajstić information content (AvgIpc) is 2.59. The van der Waals surface area contributed by atoms with Crippen molar-refractivity contribution in [3.8, 4) is 0 Å². The Bertz CT molecular complexity index is 665. The summed E-state index contributed by atoms with van der Waals surface area (Å²) in [7, 11) is 0. The van der Waals surface area contributed by atoms with Crippen molar-refractivity contribution in [3.63, 3.8) is 0 Å². The normalized spacial score (nSPS) is 32.9. The van der Waals surface area contributed by atoms with E-state index in [2.05, 4.69) is 26.6 Å². The van der Waals surface area contributed by atoms with Crippen LogP contribution in [0, 0.1) is 23.2 Å². The predicted octanol–water partition coefficient (Wildman–Crippen LogP) is 3.96. The molecule has 4 aliphatic carbocycles. The summed E-state index contributed by atoms with van der Waals surface area (Å²) in [5, 5.41) is 5.92. The number of amides is 2. The zero-order valence-electron chi connectivity index (χ0n) is 15.3. The Morgan fingerprint density at radius 1 is 1.08 bits per heavy atom. The number of halogens is 1. The lowest BCUT2D eigenvalue weighted by molar-refractivity contribution is -0.147. The van der Waals surface area contributed by atoms with Crippen LogP contribution in [-0.2, 0) is 9.59 Å². The second kappa shape index (κ2) is 6.99. The number of benzene rings is 1. The third-order valence-corrected chi connectivity index (χ3v) is 7.21. The van der Waals surface area contributed by atoms with Crippen LogP contribution in [0.5, 0.6) is 0 Å². The Hall–Kier alpha value is -1.36. The number of hydrogen-bond acceptors (Lipinski definition) is 2. The summed E-state index contributed by atoms with van der Waals surface area (Å²) in [5.74, 6) is 2.19. The summed E-state index contributed by atoms with van der Waals surface area (Å²) in [6, 6.07) is 7.83. The summed E-state index contributed by atoms with van der Waals surface area (Å²) < 4.78 is 1.02. The van der Waals surface area contributed by atoms with Crippen LogP contribution in [0.3, 0.4) is 0 Å². The Balaban J connectivity index is 1.30. The largest absolute Gasteiger partial charge is 0.348 e. The highest BCUT2D eigenvalue weighted by molar-refractivity contribution is 9.10. The van der Waals surface area contributed by atoms with Crippen LogP contribution in [0.2, 0.25) is 0 Å². The molecule has 0 aromatic heterocycles. The third-order valence-electron chi connectivity index (χ3n) is 6.68. The highest BCUT2D eigenvalue weighted by atomic mass is 79.9. The quantitative estimate of drug-likeness (QED) is 0.759. The fourth-order valence-corrected chi connectivity index (χ4v) is 6.13. The lowest BCUT2D eigenvalue weighted by Crippen LogP contribution is -2.54. The van der Waals surface area contributed by atoms with Crippen LogP contribution in [0.1, 0.15) is 57.1 Å². The molecule has 26 heavy (non-hydrogen) atoms. The lowest BCUT2D eigenvalue weighted by Gasteiger charge is -2.55. The number of rotatable bonds is 5. The van der Waals surface area contributed by atoms with E-state index in [4.69, 9.17) is 0 Å². The molecule has 4 bridgehead atoms. The van der Waals surface area contributed by atoms with Gasteiger partial charge in [0, 0.05) is 9.89 Å². The average molecular weight is 419 g/mol. The van der Waals surface area contributed by atoms with E-state index in [1.807, 2.05) is 31.2 Å². The van der Waals surface area contributed by atoms with Gasteiger partial charge in [-0.05, 0) is 80.9 Å². The lowest BCUT2D eigenvalue weighted by atomic mass is 9.49. The zero-order chi connectivity index (χ0) is 18.3. The molecule has 2 amide bonds. The minimum atomic E-state index is -0.188. The van der Waals surface area contributed by atoms with Gasteiger partial charge in [0.2, 0.25) is 11.8 Å². The van der Waals surface area contributed by atoms with Gasteiger partial charge in [-0.15, -0.1) is 0 Å². The highest BCUT2D eigenvalue weighted by Crippen LogP contribution is 2.60. The molecule has 1 atom stereocenters. The smallest absolute Gasteiger partial charge is 0.239 e. The Labute approximate surface area is 163 Å². The maximum Gasteiger partial charge on any atom is 0.239 e. The molecule has 1 aromatic rings. The van der Waals surface area contributed by atoms with Gasteiger partial charge in [-0.25, -0.2) is 0 Å². The van der Waals surface area contributed by atoms with Crippen molar-refractivity contribution in [2.45, 2.75) is 51.5 Å². The van der Waals surface area contributed by atoms with E-state index in [1.165, 1.54) is 19.3 Å². The molecule has 5 rings (SSSR count). The van der Waals surface area contributed by atoms with E-state index in [0.29, 0.717) is 0 Å². The van der Waals surface area contributed by atoms with Crippen LogP contribution in [0.15, 0.2) is 28.7 Å². The molecule has 4 saturated carbocycles. The molecule has 0 radical (unpaired) electrons. The van der Waals surface area contributed by atoms with Gasteiger partial charge in [0.25, 0.3) is 0 Å². The van der Waals surface area contributed by atoms with Crippen molar-refractivity contribution in [1.82, 2.24) is 10.6 Å². The maximum absolute atomic E-state index is 12.9. The first kappa shape index (κ1) is 18.0. The van der Waals surface area contributed by atoms with Gasteiger partial charge in [0.1, 0.15) is 0 Å². The van der Waals surface area contributed by atoms with Gasteiger partial charge in [0.05, 0.1) is 12.6 Å². The highest BCUT2D eigenvalue weighted by Gasteiger charge is 2.54. The van der Waals surface area contributed by atoms with Crippen LogP contribution in [-0.4, -0.2) is 18.4 Å². The standard InChI is InChI=1S/C21H27BrN2O2/c1-13(17-2-4-18(22)5-3-17)24-19(25)12-23-20(26)21-9-14-6-15(10-21)8-16(7-14)11-21/h2-5,13-16H,6-12H2,1H3,(H,23,26)(H,24,25). The van der Waals surface area contributed by atoms with E-state index in [1.54, 1.807) is 0 Å². The third kappa shape index (κ3) is 3.55. The molecular weight excluding hydrogens is 392 g/mol. The van der Waals surface area contributed by atoms with Crippen molar-refractivity contribution in [1.29, 1.82) is 0 Å². The zero-order valence-corrected chi connectivity index (χ0v) is 16.8. The van der Waals surface area contributed by atoms with Crippen molar-refractivity contribution in [2.75, 3.05) is 6.54 Å². The monoisotopic (exact) mass is 418 g/mol. The van der Waals surface area contributed by atoms with Crippen LogP contribution < -0.4 is 10.6 Å². The SMILES string of the molecule is CC(NC(=O)CNC(=O)C12CC3CC(CC(C3)C1)C2)c1ccc(Br)cc1. The van der Waals surface area contributed by atoms with Crippen molar-refractivity contribution >= 4 is 27.7 Å². The van der Waals surface area contributed by atoms with Gasteiger partial charge in [-0.3, -0.25) is 9.59 Å². The Morgan fingerprint density at radius 2 is 1.62 bits per heavy atom. The van der Waals surface area contributed by atoms with Gasteiger partial charge >= 0.3 is 0 Å². The second-order valence-corrected chi connectivity index (χ2v) is 9.64. The molecule has 140 valence electrons. The molecule has 2 N–H and O–H groups in total. The van der Waals surface area contributed by atoms with Crippen LogP contribution >= 0.6 is 15.9 Å². The minimum absolute atomic E-state index is 0.0709. The van der Waals surface area contributed by atoms with Crippen molar-refractivity contribution in [3.05, 3.63) is 34.3 Å². The van der Waals surface area contributed by atoms with Gasteiger partial charge in [0.15, 0.2) is 0 Å². The molecule has 4 fully saturated rings. The summed E-state index contributed by atoms with van der Waals surface area (Å²) in [6.07, 6.45) is 7.04. The number of carbonyl (C=O) groups is 2. The first-order valence-corrected chi connectivity index (χ1v) is 10.6. The molecule has 1 unspecified atom stereocenters. The van der Waals surface area contributed by atoms with Crippen molar-refractivity contribution < 1.29 is 9.59 Å². The van der Waals surface area contributed by atoms with Gasteiger partial charge in [-0.2, -0.15) is 0 Å². The fourth-order valence-electron chi connectivity index (χ4n) is 5.86. The van der Waals surface area contributed by atoms with E-state index in [-0.39, 0.29) is 29.8 Å². The van der Waals surface area contributed by atoms with E-state index in [9.17, 15) is 9.59 Å². The first-order chi connectivity index (χ1) is 12.4. The topological polar surface area (TPSA) is 58.2 Å². The molecule has 4 aliphatic rings. The maximum atomic E-state index is 12.9. The first-order valence-electron chi connectivity index (χ1n) is 9.77. The summed E-state index contributed by atoms with van der Waals surface area (Å²) in [6.45, 7) is 2.03. The predicted molar refractivity (Wildman–Crippen MR) is 104 cm³/mol. The molecule has 0 spiro atoms. The Kier molecular flexibility index (Phi) is 4.84. The van der Waals surface area contributed by atoms with Crippen LogP contribution in [0.25, 0.3) is 0 Å². The molecule has 0 saturated heterocycles. The fraction of sp³-hybridized carbons (Fsp3) is 0.619. The van der Waals surface area contributed by atoms with Gasteiger partial charge in [-0.1, -0.05) is 28.1 Å². The summed E-state index contributed by atoms with van der Waals surface area (Å²) >= 11 is 3.42. The minimum Gasteiger partial charge on any atom is -0.348 e. The molecule has 1 aromatic carbocycles. The Morgan fingerprint density at radius 3 is 2.15 bits per heavy atom. The summed E-state index contributed by atoms with van der Waals surface area (Å²) in [5.41, 5.74) is 0.862. The van der Waals surface area contributed by atoms with Gasteiger partial charge < -0.3 is 10.6 Å². The second-order valence-electron chi connectivity index (χ2n) is 8.72. The van der Waals surface area contributed by atoms with E-state index in [0.717, 1.165) is 47.1 Å². The van der Waals surface area contributed by atoms with Crippen molar-refractivity contribution in [2.24, 2.45) is 23.2 Å². The molecule has 0 heterocycles. The number of nitrogens with one attached hydrogen (secondary N) is 2. The number of hydrogen-bond donors (Lipinski definition) is 2. The summed E-state index contributed by atoms with van der Waals surface area (Å²) in [4.78, 5) is 25.2. The molecule has 5 heteroatoms. The molecule has 4 nitrogen and oxygen atoms in total. The van der Waals surface area contributed by atoms with Crippen LogP contribution in [0.4, 0.5) is 0 Å². The molecule has 0 aliphatic heterocycles. The van der Waals surface area contributed by atoms with E-state index < -0.39 is 0 Å².